The minimum Gasteiger partial charge on any atom is -0.364 e. The fourth-order valence-electron chi connectivity index (χ4n) is 4.86. The molecule has 4 rings (SSSR count). The fraction of sp³-hybridized carbons (Fsp3) is 0.476. The van der Waals surface area contributed by atoms with E-state index in [9.17, 15) is 9.65 Å². The summed E-state index contributed by atoms with van der Waals surface area (Å²) in [5.74, 6) is 0.455. The van der Waals surface area contributed by atoms with Gasteiger partial charge in [0.15, 0.2) is 0 Å². The van der Waals surface area contributed by atoms with E-state index in [2.05, 4.69) is 16.0 Å². The van der Waals surface area contributed by atoms with Crippen LogP contribution in [0, 0.1) is 17.1 Å². The molecule has 1 saturated heterocycles. The smallest absolute Gasteiger partial charge is 0.123 e. The number of nitrogens with one attached hydrogen (secondary N) is 1. The molecule has 1 saturated carbocycles. The third-order valence-corrected chi connectivity index (χ3v) is 6.10. The Balaban J connectivity index is 1.64. The maximum atomic E-state index is 13.3. The van der Waals surface area contributed by atoms with Crippen LogP contribution < -0.4 is 5.73 Å². The molecule has 2 aromatic rings. The van der Waals surface area contributed by atoms with Crippen LogP contribution in [-0.2, 0) is 0 Å². The molecule has 4 nitrogen and oxygen atoms in total. The summed E-state index contributed by atoms with van der Waals surface area (Å²) < 4.78 is 13.3. The number of aromatic amines is 1. The second kappa shape index (κ2) is 7.22. The first kappa shape index (κ1) is 17.3. The Bertz CT molecular complexity index is 791. The highest BCUT2D eigenvalue weighted by atomic mass is 19.1. The molecule has 2 heterocycles. The summed E-state index contributed by atoms with van der Waals surface area (Å²) in [5, 5.41) is 9.47. The lowest BCUT2D eigenvalue weighted by atomic mass is 9.92. The van der Waals surface area contributed by atoms with Gasteiger partial charge in [-0.05, 0) is 61.9 Å². The van der Waals surface area contributed by atoms with Crippen molar-refractivity contribution in [2.75, 3.05) is 13.1 Å². The Morgan fingerprint density at radius 3 is 2.73 bits per heavy atom. The Kier molecular flexibility index (Phi) is 4.80. The van der Waals surface area contributed by atoms with Gasteiger partial charge in [-0.3, -0.25) is 4.90 Å². The second-order valence-electron chi connectivity index (χ2n) is 7.71. The number of H-pyrrole nitrogens is 1. The van der Waals surface area contributed by atoms with E-state index in [1.807, 2.05) is 24.4 Å². The molecule has 4 atom stereocenters. The summed E-state index contributed by atoms with van der Waals surface area (Å²) in [7, 11) is 0. The molecule has 1 aromatic heterocycles. The second-order valence-corrected chi connectivity index (χ2v) is 7.71. The van der Waals surface area contributed by atoms with Crippen molar-refractivity contribution >= 4 is 0 Å². The number of nitrogens with zero attached hydrogens (tertiary/aromatic N) is 2. The van der Waals surface area contributed by atoms with Crippen LogP contribution in [0.3, 0.4) is 0 Å². The number of aromatic nitrogens is 1. The average molecular weight is 352 g/mol. The topological polar surface area (TPSA) is 68.8 Å². The number of rotatable bonds is 3. The van der Waals surface area contributed by atoms with Crippen LogP contribution in [0.2, 0.25) is 0 Å². The van der Waals surface area contributed by atoms with Gasteiger partial charge in [0.25, 0.3) is 0 Å². The predicted octanol–water partition coefficient (Wildman–Crippen LogP) is 3.48. The molecule has 0 radical (unpaired) electrons. The number of nitriles is 1. The molecule has 5 heteroatoms. The van der Waals surface area contributed by atoms with Gasteiger partial charge >= 0.3 is 0 Å². The molecule has 2 aliphatic rings. The van der Waals surface area contributed by atoms with Crippen molar-refractivity contribution in [1.82, 2.24) is 9.88 Å². The molecule has 26 heavy (non-hydrogen) atoms. The summed E-state index contributed by atoms with van der Waals surface area (Å²) in [5.41, 5.74) is 9.20. The monoisotopic (exact) mass is 352 g/mol. The molecule has 1 aliphatic heterocycles. The van der Waals surface area contributed by atoms with Gasteiger partial charge in [-0.25, -0.2) is 4.39 Å². The summed E-state index contributed by atoms with van der Waals surface area (Å²) in [6, 6.07) is 11.7. The molecule has 4 unspecified atom stereocenters. The largest absolute Gasteiger partial charge is 0.364 e. The van der Waals surface area contributed by atoms with Gasteiger partial charge < -0.3 is 10.7 Å². The van der Waals surface area contributed by atoms with Crippen LogP contribution in [0.4, 0.5) is 4.39 Å². The SMILES string of the molecule is N#Cc1cc[nH]c1C1CC(c2ccc(F)cc2)CC1N1CCCC(N)C1. The number of nitrogens with two attached hydrogens (primary N) is 1. The van der Waals surface area contributed by atoms with Gasteiger partial charge in [-0.2, -0.15) is 5.26 Å². The normalized spacial score (nSPS) is 29.6. The molecule has 0 amide bonds. The molecule has 3 N–H and O–H groups in total. The van der Waals surface area contributed by atoms with Crippen molar-refractivity contribution < 1.29 is 4.39 Å². The highest BCUT2D eigenvalue weighted by molar-refractivity contribution is 5.38. The van der Waals surface area contributed by atoms with Crippen molar-refractivity contribution in [2.45, 2.75) is 49.6 Å². The first-order valence-corrected chi connectivity index (χ1v) is 9.48. The number of likely N-dealkylation sites (tertiary alicyclic amines) is 1. The minimum absolute atomic E-state index is 0.196. The molecule has 1 aliphatic carbocycles. The molecular weight excluding hydrogens is 327 g/mol. The molecular formula is C21H25FN4. The van der Waals surface area contributed by atoms with E-state index in [4.69, 9.17) is 5.73 Å². The zero-order valence-corrected chi connectivity index (χ0v) is 14.9. The highest BCUT2D eigenvalue weighted by Crippen LogP contribution is 2.46. The van der Waals surface area contributed by atoms with Gasteiger partial charge in [0, 0.05) is 36.4 Å². The lowest BCUT2D eigenvalue weighted by Crippen LogP contribution is -2.48. The van der Waals surface area contributed by atoms with Crippen molar-refractivity contribution in [3.8, 4) is 6.07 Å². The van der Waals surface area contributed by atoms with Crippen molar-refractivity contribution in [3.05, 3.63) is 59.2 Å². The lowest BCUT2D eigenvalue weighted by Gasteiger charge is -2.38. The minimum atomic E-state index is -0.196. The summed E-state index contributed by atoms with van der Waals surface area (Å²) in [4.78, 5) is 5.84. The number of hydrogen-bond donors (Lipinski definition) is 2. The van der Waals surface area contributed by atoms with Gasteiger partial charge in [-0.15, -0.1) is 0 Å². The van der Waals surface area contributed by atoms with E-state index >= 15 is 0 Å². The molecule has 0 spiro atoms. The standard InChI is InChI=1S/C21H25FN4/c22-17-5-3-14(4-6-17)16-10-19(21-15(12-23)7-8-25-21)20(11-16)26-9-1-2-18(24)13-26/h3-8,16,18-20,25H,1-2,9-11,13,24H2. The van der Waals surface area contributed by atoms with E-state index in [0.717, 1.165) is 50.0 Å². The zero-order valence-electron chi connectivity index (χ0n) is 14.9. The maximum Gasteiger partial charge on any atom is 0.123 e. The first-order chi connectivity index (χ1) is 12.7. The number of piperidine rings is 1. The molecule has 1 aromatic carbocycles. The molecule has 2 fully saturated rings. The van der Waals surface area contributed by atoms with E-state index in [1.165, 1.54) is 5.56 Å². The van der Waals surface area contributed by atoms with Crippen LogP contribution in [0.15, 0.2) is 36.5 Å². The van der Waals surface area contributed by atoms with Crippen molar-refractivity contribution in [3.63, 3.8) is 0 Å². The van der Waals surface area contributed by atoms with E-state index < -0.39 is 0 Å². The molecule has 0 bridgehead atoms. The quantitative estimate of drug-likeness (QED) is 0.888. The van der Waals surface area contributed by atoms with Crippen molar-refractivity contribution in [1.29, 1.82) is 5.26 Å². The predicted molar refractivity (Wildman–Crippen MR) is 99.2 cm³/mol. The summed E-state index contributed by atoms with van der Waals surface area (Å²) in [6.07, 6.45) is 6.06. The van der Waals surface area contributed by atoms with Crippen molar-refractivity contribution in [2.24, 2.45) is 5.73 Å². The number of halogens is 1. The Hall–Kier alpha value is -2.16. The van der Waals surface area contributed by atoms with Crippen LogP contribution in [0.25, 0.3) is 0 Å². The van der Waals surface area contributed by atoms with Gasteiger partial charge in [0.2, 0.25) is 0 Å². The average Bonchev–Trinajstić information content (AvgIpc) is 3.28. The summed E-state index contributed by atoms with van der Waals surface area (Å²) in [6.45, 7) is 1.98. The highest BCUT2D eigenvalue weighted by Gasteiger charge is 2.41. The lowest BCUT2D eigenvalue weighted by molar-refractivity contribution is 0.139. The zero-order chi connectivity index (χ0) is 18.1. The third kappa shape index (κ3) is 3.27. The maximum absolute atomic E-state index is 13.3. The van der Waals surface area contributed by atoms with E-state index in [-0.39, 0.29) is 17.8 Å². The van der Waals surface area contributed by atoms with Gasteiger partial charge in [0.05, 0.1) is 5.56 Å². The van der Waals surface area contributed by atoms with E-state index in [0.29, 0.717) is 12.0 Å². The van der Waals surface area contributed by atoms with Crippen LogP contribution >= 0.6 is 0 Å². The van der Waals surface area contributed by atoms with Crippen LogP contribution in [0.5, 0.6) is 0 Å². The first-order valence-electron chi connectivity index (χ1n) is 9.48. The third-order valence-electron chi connectivity index (χ3n) is 6.10. The van der Waals surface area contributed by atoms with Gasteiger partial charge in [0.1, 0.15) is 11.9 Å². The fourth-order valence-corrected chi connectivity index (χ4v) is 4.86. The van der Waals surface area contributed by atoms with E-state index in [1.54, 1.807) is 12.1 Å². The Morgan fingerprint density at radius 1 is 1.19 bits per heavy atom. The Morgan fingerprint density at radius 2 is 2.00 bits per heavy atom. The molecule has 136 valence electrons. The van der Waals surface area contributed by atoms with Gasteiger partial charge in [-0.1, -0.05) is 12.1 Å². The van der Waals surface area contributed by atoms with Crippen LogP contribution in [-0.4, -0.2) is 35.1 Å². The number of hydrogen-bond acceptors (Lipinski definition) is 3. The van der Waals surface area contributed by atoms with Crippen LogP contribution in [0.1, 0.15) is 54.3 Å². The summed E-state index contributed by atoms with van der Waals surface area (Å²) >= 11 is 0. The Labute approximate surface area is 153 Å². The number of benzene rings is 1.